The highest BCUT2D eigenvalue weighted by Gasteiger charge is 2.06. The second kappa shape index (κ2) is 7.15. The lowest BCUT2D eigenvalue weighted by molar-refractivity contribution is -0.118. The van der Waals surface area contributed by atoms with E-state index >= 15 is 0 Å². The Morgan fingerprint density at radius 1 is 1.05 bits per heavy atom. The molecule has 5 nitrogen and oxygen atoms in total. The van der Waals surface area contributed by atoms with Crippen molar-refractivity contribution < 1.29 is 14.3 Å². The molecule has 22 heavy (non-hydrogen) atoms. The van der Waals surface area contributed by atoms with Gasteiger partial charge in [0.05, 0.1) is 10.0 Å². The van der Waals surface area contributed by atoms with Crippen LogP contribution < -0.4 is 15.8 Å². The number of nitrogens with one attached hydrogen (secondary N) is 1. The topological polar surface area (TPSA) is 81.4 Å². The summed E-state index contributed by atoms with van der Waals surface area (Å²) in [6, 6.07) is 10.9. The van der Waals surface area contributed by atoms with Crippen LogP contribution in [-0.4, -0.2) is 18.4 Å². The maximum Gasteiger partial charge on any atom is 0.262 e. The van der Waals surface area contributed by atoms with Crippen molar-refractivity contribution in [2.24, 2.45) is 5.73 Å². The molecule has 0 aliphatic rings. The minimum absolute atomic E-state index is 0.184. The smallest absolute Gasteiger partial charge is 0.262 e. The highest BCUT2D eigenvalue weighted by Crippen LogP contribution is 2.24. The maximum absolute atomic E-state index is 11.8. The Morgan fingerprint density at radius 3 is 2.32 bits per heavy atom. The molecule has 3 N–H and O–H groups in total. The lowest BCUT2D eigenvalue weighted by Crippen LogP contribution is -2.20. The van der Waals surface area contributed by atoms with Crippen LogP contribution in [0, 0.1) is 0 Å². The number of nitrogens with two attached hydrogens (primary N) is 1. The third kappa shape index (κ3) is 4.38. The maximum atomic E-state index is 11.8. The van der Waals surface area contributed by atoms with Gasteiger partial charge in [0.2, 0.25) is 5.91 Å². The van der Waals surface area contributed by atoms with E-state index in [-0.39, 0.29) is 12.5 Å². The summed E-state index contributed by atoms with van der Waals surface area (Å²) in [4.78, 5) is 22.7. The Bertz CT molecular complexity index is 702. The lowest BCUT2D eigenvalue weighted by Gasteiger charge is -2.08. The van der Waals surface area contributed by atoms with Gasteiger partial charge in [-0.05, 0) is 42.5 Å². The summed E-state index contributed by atoms with van der Waals surface area (Å²) in [6.45, 7) is -0.184. The molecule has 0 heterocycles. The van der Waals surface area contributed by atoms with Gasteiger partial charge in [-0.2, -0.15) is 0 Å². The molecule has 0 aliphatic heterocycles. The minimum atomic E-state index is -0.524. The van der Waals surface area contributed by atoms with Crippen molar-refractivity contribution in [3.63, 3.8) is 0 Å². The van der Waals surface area contributed by atoms with Crippen LogP contribution in [0.15, 0.2) is 42.5 Å². The molecule has 0 fully saturated rings. The standard InChI is InChI=1S/C15H12Cl2N2O3/c16-12-6-3-10(7-13(12)17)19-14(20)8-22-11-4-1-9(2-5-11)15(18)21/h1-7H,8H2,(H2,18,21)(H,19,20). The molecule has 0 bridgehead atoms. The molecule has 7 heteroatoms. The number of hydrogen-bond acceptors (Lipinski definition) is 3. The van der Waals surface area contributed by atoms with Gasteiger partial charge in [-0.3, -0.25) is 9.59 Å². The van der Waals surface area contributed by atoms with Crippen LogP contribution in [0.2, 0.25) is 10.0 Å². The number of halogens is 2. The van der Waals surface area contributed by atoms with E-state index in [1.165, 1.54) is 12.1 Å². The second-order valence-corrected chi connectivity index (χ2v) is 5.17. The van der Waals surface area contributed by atoms with E-state index in [2.05, 4.69) is 5.32 Å². The third-order valence-corrected chi connectivity index (χ3v) is 3.45. The van der Waals surface area contributed by atoms with E-state index in [1.807, 2.05) is 0 Å². The van der Waals surface area contributed by atoms with Crippen LogP contribution in [0.25, 0.3) is 0 Å². The zero-order chi connectivity index (χ0) is 16.1. The predicted octanol–water partition coefficient (Wildman–Crippen LogP) is 3.11. The number of carbonyl (C=O) groups is 2. The SMILES string of the molecule is NC(=O)c1ccc(OCC(=O)Nc2ccc(Cl)c(Cl)c2)cc1. The first kappa shape index (κ1) is 16.1. The summed E-state index contributed by atoms with van der Waals surface area (Å²) in [5, 5.41) is 3.39. The Balaban J connectivity index is 1.89. The van der Waals surface area contributed by atoms with Gasteiger partial charge in [-0.15, -0.1) is 0 Å². The van der Waals surface area contributed by atoms with Crippen LogP contribution in [0.4, 0.5) is 5.69 Å². The van der Waals surface area contributed by atoms with Gasteiger partial charge < -0.3 is 15.8 Å². The lowest BCUT2D eigenvalue weighted by atomic mass is 10.2. The first-order valence-corrected chi connectivity index (χ1v) is 6.99. The summed E-state index contributed by atoms with van der Waals surface area (Å²) in [5.41, 5.74) is 6.02. The number of primary amides is 1. The molecule has 0 saturated carbocycles. The van der Waals surface area contributed by atoms with Crippen LogP contribution in [0.1, 0.15) is 10.4 Å². The molecule has 0 atom stereocenters. The molecule has 2 amide bonds. The monoisotopic (exact) mass is 338 g/mol. The number of anilines is 1. The molecular weight excluding hydrogens is 327 g/mol. The Hall–Kier alpha value is -2.24. The van der Waals surface area contributed by atoms with E-state index in [4.69, 9.17) is 33.7 Å². The van der Waals surface area contributed by atoms with Crippen molar-refractivity contribution >= 4 is 40.7 Å². The van der Waals surface area contributed by atoms with E-state index < -0.39 is 5.91 Å². The molecule has 0 saturated heterocycles. The molecule has 2 aromatic carbocycles. The molecule has 2 aromatic rings. The number of carbonyl (C=O) groups excluding carboxylic acids is 2. The van der Waals surface area contributed by atoms with Crippen molar-refractivity contribution in [2.75, 3.05) is 11.9 Å². The molecule has 0 radical (unpaired) electrons. The Morgan fingerprint density at radius 2 is 1.73 bits per heavy atom. The highest BCUT2D eigenvalue weighted by atomic mass is 35.5. The number of benzene rings is 2. The van der Waals surface area contributed by atoms with Crippen molar-refractivity contribution in [2.45, 2.75) is 0 Å². The van der Waals surface area contributed by atoms with E-state index in [0.29, 0.717) is 27.0 Å². The van der Waals surface area contributed by atoms with Crippen molar-refractivity contribution in [3.05, 3.63) is 58.1 Å². The molecule has 114 valence electrons. The number of amides is 2. The summed E-state index contributed by atoms with van der Waals surface area (Å²) in [5.74, 6) is -0.421. The average Bonchev–Trinajstić information content (AvgIpc) is 2.49. The fourth-order valence-electron chi connectivity index (χ4n) is 1.64. The molecule has 0 spiro atoms. The molecule has 2 rings (SSSR count). The van der Waals surface area contributed by atoms with Crippen molar-refractivity contribution in [1.82, 2.24) is 0 Å². The number of rotatable bonds is 5. The van der Waals surface area contributed by atoms with Gasteiger partial charge in [-0.1, -0.05) is 23.2 Å². The molecule has 0 unspecified atom stereocenters. The second-order valence-electron chi connectivity index (χ2n) is 4.35. The fraction of sp³-hybridized carbons (Fsp3) is 0.0667. The Kier molecular flexibility index (Phi) is 5.25. The van der Waals surface area contributed by atoms with E-state index in [0.717, 1.165) is 0 Å². The van der Waals surface area contributed by atoms with Crippen LogP contribution in [0.3, 0.4) is 0 Å². The predicted molar refractivity (Wildman–Crippen MR) is 85.5 cm³/mol. The summed E-state index contributed by atoms with van der Waals surface area (Å²) < 4.78 is 5.31. The van der Waals surface area contributed by atoms with E-state index in [1.54, 1.807) is 30.3 Å². The first-order chi connectivity index (χ1) is 10.5. The molecular formula is C15H12Cl2N2O3. The minimum Gasteiger partial charge on any atom is -0.484 e. The number of ether oxygens (including phenoxy) is 1. The summed E-state index contributed by atoms with van der Waals surface area (Å²) in [6.07, 6.45) is 0. The summed E-state index contributed by atoms with van der Waals surface area (Å²) in [7, 11) is 0. The van der Waals surface area contributed by atoms with Gasteiger partial charge >= 0.3 is 0 Å². The highest BCUT2D eigenvalue weighted by molar-refractivity contribution is 6.42. The van der Waals surface area contributed by atoms with Gasteiger partial charge in [0, 0.05) is 11.3 Å². The molecule has 0 aliphatic carbocycles. The zero-order valence-corrected chi connectivity index (χ0v) is 12.8. The van der Waals surface area contributed by atoms with Gasteiger partial charge in [-0.25, -0.2) is 0 Å². The molecule has 0 aromatic heterocycles. The Labute approximate surface area is 137 Å². The van der Waals surface area contributed by atoms with E-state index in [9.17, 15) is 9.59 Å². The van der Waals surface area contributed by atoms with Gasteiger partial charge in [0.1, 0.15) is 5.75 Å². The fourth-order valence-corrected chi connectivity index (χ4v) is 1.93. The van der Waals surface area contributed by atoms with Crippen molar-refractivity contribution in [3.8, 4) is 5.75 Å². The van der Waals surface area contributed by atoms with Crippen LogP contribution in [0.5, 0.6) is 5.75 Å². The van der Waals surface area contributed by atoms with Crippen LogP contribution in [-0.2, 0) is 4.79 Å². The average molecular weight is 339 g/mol. The number of hydrogen-bond donors (Lipinski definition) is 2. The van der Waals surface area contributed by atoms with Gasteiger partial charge in [0.15, 0.2) is 6.61 Å². The largest absolute Gasteiger partial charge is 0.484 e. The third-order valence-electron chi connectivity index (χ3n) is 2.71. The quantitative estimate of drug-likeness (QED) is 0.878. The van der Waals surface area contributed by atoms with Crippen LogP contribution >= 0.6 is 23.2 Å². The van der Waals surface area contributed by atoms with Crippen molar-refractivity contribution in [1.29, 1.82) is 0 Å². The first-order valence-electron chi connectivity index (χ1n) is 6.23. The summed E-state index contributed by atoms with van der Waals surface area (Å²) >= 11 is 11.6. The van der Waals surface area contributed by atoms with Gasteiger partial charge in [0.25, 0.3) is 5.91 Å². The zero-order valence-electron chi connectivity index (χ0n) is 11.3. The normalized spacial score (nSPS) is 10.1.